The number of quaternary nitrogens is 1. The van der Waals surface area contributed by atoms with Crippen molar-refractivity contribution in [3.8, 4) is 0 Å². The maximum absolute atomic E-state index is 13.0. The molecule has 0 heterocycles. The lowest BCUT2D eigenvalue weighted by Crippen LogP contribution is -2.45. The van der Waals surface area contributed by atoms with Gasteiger partial charge >= 0.3 is 0 Å². The number of phosphoric ester groups is 1. The molecule has 0 aliphatic carbocycles. The molecule has 0 fully saturated rings. The van der Waals surface area contributed by atoms with Gasteiger partial charge in [-0.3, -0.25) is 9.36 Å². The lowest BCUT2D eigenvalue weighted by Gasteiger charge is -2.29. The first-order valence-corrected chi connectivity index (χ1v) is 33.6. The Morgan fingerprint density at radius 2 is 0.805 bits per heavy atom. The molecule has 0 radical (unpaired) electrons. The predicted octanol–water partition coefficient (Wildman–Crippen LogP) is 19.5. The van der Waals surface area contributed by atoms with Crippen LogP contribution in [0, 0.1) is 0 Å². The Labute approximate surface area is 477 Å². The number of aliphatic hydroxyl groups excluding tert-OH is 1. The van der Waals surface area contributed by atoms with Gasteiger partial charge in [-0.25, -0.2) is 0 Å². The first-order valence-electron chi connectivity index (χ1n) is 32.1. The lowest BCUT2D eigenvalue weighted by molar-refractivity contribution is -0.870. The van der Waals surface area contributed by atoms with Gasteiger partial charge in [-0.2, -0.15) is 0 Å². The maximum atomic E-state index is 13.0. The summed E-state index contributed by atoms with van der Waals surface area (Å²) in [5.74, 6) is -0.210. The molecule has 0 rings (SSSR count). The topological polar surface area (TPSA) is 108 Å². The fourth-order valence-electron chi connectivity index (χ4n) is 9.04. The Morgan fingerprint density at radius 3 is 1.21 bits per heavy atom. The molecule has 1 amide bonds. The number of unbranched alkanes of at least 4 members (excludes halogenated alkanes) is 31. The van der Waals surface area contributed by atoms with Gasteiger partial charge in [0.1, 0.15) is 13.2 Å². The summed E-state index contributed by atoms with van der Waals surface area (Å²) in [4.78, 5) is 25.5. The van der Waals surface area contributed by atoms with Gasteiger partial charge < -0.3 is 28.8 Å². The van der Waals surface area contributed by atoms with Crippen molar-refractivity contribution in [1.29, 1.82) is 0 Å². The molecule has 77 heavy (non-hydrogen) atoms. The average molecular weight is 1100 g/mol. The van der Waals surface area contributed by atoms with Crippen LogP contribution >= 0.6 is 7.82 Å². The van der Waals surface area contributed by atoms with E-state index in [9.17, 15) is 19.4 Å². The van der Waals surface area contributed by atoms with Crippen LogP contribution in [0.5, 0.6) is 0 Å². The van der Waals surface area contributed by atoms with E-state index in [1.807, 2.05) is 27.2 Å². The number of allylic oxidation sites excluding steroid dienone is 15. The molecular weight excluding hydrogens is 972 g/mol. The van der Waals surface area contributed by atoms with E-state index in [0.717, 1.165) is 83.5 Å². The molecule has 0 aliphatic rings. The normalized spacial score (nSPS) is 14.4. The van der Waals surface area contributed by atoms with E-state index in [1.165, 1.54) is 173 Å². The number of phosphoric acid groups is 1. The van der Waals surface area contributed by atoms with Crippen LogP contribution in [-0.4, -0.2) is 68.5 Å². The summed E-state index contributed by atoms with van der Waals surface area (Å²) in [5.41, 5.74) is 0. The number of rotatable bonds is 58. The van der Waals surface area contributed by atoms with E-state index < -0.39 is 26.6 Å². The number of aliphatic hydroxyl groups is 1. The van der Waals surface area contributed by atoms with Crippen molar-refractivity contribution in [2.75, 3.05) is 40.9 Å². The van der Waals surface area contributed by atoms with Crippen molar-refractivity contribution < 1.29 is 32.9 Å². The molecule has 9 heteroatoms. The number of carbonyl (C=O) groups excluding carboxylic acids is 1. The fraction of sp³-hybridized carbons (Fsp3) is 0.750. The van der Waals surface area contributed by atoms with Crippen LogP contribution in [0.4, 0.5) is 0 Å². The molecule has 0 bridgehead atoms. The summed E-state index contributed by atoms with van der Waals surface area (Å²) in [6.45, 7) is 4.49. The minimum absolute atomic E-state index is 0.0104. The van der Waals surface area contributed by atoms with E-state index in [4.69, 9.17) is 9.05 Å². The van der Waals surface area contributed by atoms with Crippen LogP contribution in [0.2, 0.25) is 0 Å². The highest BCUT2D eigenvalue weighted by Gasteiger charge is 2.23. The van der Waals surface area contributed by atoms with Crippen molar-refractivity contribution in [2.45, 2.75) is 289 Å². The van der Waals surface area contributed by atoms with Crippen LogP contribution in [0.3, 0.4) is 0 Å². The maximum Gasteiger partial charge on any atom is 0.268 e. The van der Waals surface area contributed by atoms with Gasteiger partial charge in [0, 0.05) is 6.42 Å². The van der Waals surface area contributed by atoms with E-state index in [1.54, 1.807) is 6.08 Å². The molecule has 0 saturated carbocycles. The monoisotopic (exact) mass is 1090 g/mol. The van der Waals surface area contributed by atoms with Crippen molar-refractivity contribution in [2.24, 2.45) is 0 Å². The van der Waals surface area contributed by atoms with Gasteiger partial charge in [-0.15, -0.1) is 0 Å². The third kappa shape index (κ3) is 60.9. The molecular formula is C68H123N2O6P. The number of nitrogens with one attached hydrogen (secondary N) is 1. The van der Waals surface area contributed by atoms with Crippen molar-refractivity contribution in [1.82, 2.24) is 5.32 Å². The van der Waals surface area contributed by atoms with Gasteiger partial charge in [0.2, 0.25) is 5.91 Å². The van der Waals surface area contributed by atoms with Crippen LogP contribution in [0.1, 0.15) is 277 Å². The minimum Gasteiger partial charge on any atom is -0.756 e. The first kappa shape index (κ1) is 74.4. The predicted molar refractivity (Wildman–Crippen MR) is 334 cm³/mol. The van der Waals surface area contributed by atoms with E-state index in [2.05, 4.69) is 104 Å². The highest BCUT2D eigenvalue weighted by Crippen LogP contribution is 2.38. The van der Waals surface area contributed by atoms with Crippen LogP contribution < -0.4 is 10.2 Å². The highest BCUT2D eigenvalue weighted by molar-refractivity contribution is 7.45. The second-order valence-electron chi connectivity index (χ2n) is 22.7. The smallest absolute Gasteiger partial charge is 0.268 e. The quantitative estimate of drug-likeness (QED) is 0.0272. The molecule has 0 aromatic heterocycles. The Kier molecular flexibility index (Phi) is 56.1. The third-order valence-electron chi connectivity index (χ3n) is 14.0. The van der Waals surface area contributed by atoms with Gasteiger partial charge in [0.05, 0.1) is 39.9 Å². The summed E-state index contributed by atoms with van der Waals surface area (Å²) in [6.07, 6.45) is 83.9. The van der Waals surface area contributed by atoms with Crippen LogP contribution in [0.15, 0.2) is 97.2 Å². The van der Waals surface area contributed by atoms with Gasteiger partial charge in [0.15, 0.2) is 0 Å². The number of nitrogens with zero attached hydrogens (tertiary/aromatic N) is 1. The molecule has 446 valence electrons. The number of likely N-dealkylation sites (N-methyl/N-ethyl adjacent to an activating group) is 1. The SMILES string of the molecule is CC/C=C\C/C=C\C/C=C\C/C=C\C/C=C\CCCCCCCCCCCCCCCCCCCCCCCCCCCC(=O)NC(COP(=O)([O-])OCC[N+](C)(C)C)C(O)/C=C/CC/C=C/CC/C=C/CCCCCC. The molecule has 0 spiro atoms. The van der Waals surface area contributed by atoms with Crippen LogP contribution in [-0.2, 0) is 18.4 Å². The fourth-order valence-corrected chi connectivity index (χ4v) is 9.76. The zero-order valence-electron chi connectivity index (χ0n) is 50.9. The summed E-state index contributed by atoms with van der Waals surface area (Å²) >= 11 is 0. The summed E-state index contributed by atoms with van der Waals surface area (Å²) < 4.78 is 23.3. The van der Waals surface area contributed by atoms with Crippen molar-refractivity contribution in [3.05, 3.63) is 97.2 Å². The van der Waals surface area contributed by atoms with Crippen LogP contribution in [0.25, 0.3) is 0 Å². The van der Waals surface area contributed by atoms with Gasteiger partial charge in [-0.05, 0) is 89.9 Å². The molecule has 3 unspecified atom stereocenters. The number of hydrogen-bond acceptors (Lipinski definition) is 6. The zero-order chi connectivity index (χ0) is 56.3. The third-order valence-corrected chi connectivity index (χ3v) is 15.0. The number of amides is 1. The average Bonchev–Trinajstić information content (AvgIpc) is 3.39. The van der Waals surface area contributed by atoms with E-state index in [-0.39, 0.29) is 12.5 Å². The second-order valence-corrected chi connectivity index (χ2v) is 24.1. The Balaban J connectivity index is 3.91. The molecule has 0 aromatic carbocycles. The standard InChI is InChI=1S/C68H123N2O6P/c1-6-8-10-12-14-16-18-20-22-23-24-25-26-27-28-29-30-31-32-33-34-35-36-37-38-39-40-41-42-43-44-45-46-47-48-50-52-54-56-58-60-62-68(72)69-66(65-76-77(73,74)75-64-63-70(3,4)5)67(71)61-59-57-55-53-51-49-21-19-17-15-13-11-9-7-2/h8,10,14,16-17,19-20,22,24-25,27-28,51,53,59,61,66-67,71H,6-7,9,11-13,15,18,21,23,26,29-50,52,54-58,60,62-65H2,1-5H3,(H-,69,72,73,74)/b10-8-,16-14-,19-17+,22-20-,25-24-,28-27-,53-51+,61-59+. The number of carbonyl (C=O) groups is 1. The molecule has 3 atom stereocenters. The van der Waals surface area contributed by atoms with Crippen molar-refractivity contribution >= 4 is 13.7 Å². The first-order chi connectivity index (χ1) is 37.5. The molecule has 0 aromatic rings. The molecule has 0 saturated heterocycles. The van der Waals surface area contributed by atoms with Gasteiger partial charge in [-0.1, -0.05) is 278 Å². The Bertz CT molecular complexity index is 1570. The minimum atomic E-state index is -4.61. The largest absolute Gasteiger partial charge is 0.756 e. The highest BCUT2D eigenvalue weighted by atomic mass is 31.2. The van der Waals surface area contributed by atoms with Gasteiger partial charge in [0.25, 0.3) is 7.82 Å². The number of hydrogen-bond donors (Lipinski definition) is 2. The van der Waals surface area contributed by atoms with Crippen molar-refractivity contribution in [3.63, 3.8) is 0 Å². The summed E-state index contributed by atoms with van der Waals surface area (Å²) in [6, 6.07) is -0.911. The van der Waals surface area contributed by atoms with E-state index >= 15 is 0 Å². The molecule has 2 N–H and O–H groups in total. The lowest BCUT2D eigenvalue weighted by atomic mass is 10.0. The Morgan fingerprint density at radius 1 is 0.468 bits per heavy atom. The van der Waals surface area contributed by atoms with E-state index in [0.29, 0.717) is 17.4 Å². The zero-order valence-corrected chi connectivity index (χ0v) is 51.8. The summed E-state index contributed by atoms with van der Waals surface area (Å²) in [5, 5.41) is 13.8. The molecule has 0 aliphatic heterocycles. The second kappa shape index (κ2) is 58.1. The molecule has 8 nitrogen and oxygen atoms in total. The summed E-state index contributed by atoms with van der Waals surface area (Å²) in [7, 11) is 1.24. The Hall–Kier alpha value is -2.58.